The van der Waals surface area contributed by atoms with Gasteiger partial charge in [-0.2, -0.15) is 0 Å². The minimum Gasteiger partial charge on any atom is -0.378 e. The second kappa shape index (κ2) is 8.26. The van der Waals surface area contributed by atoms with E-state index in [9.17, 15) is 14.4 Å². The van der Waals surface area contributed by atoms with Crippen LogP contribution in [-0.2, 0) is 19.1 Å². The molecule has 130 valence electrons. The van der Waals surface area contributed by atoms with Crippen LogP contribution in [-0.4, -0.2) is 68.6 Å². The van der Waals surface area contributed by atoms with Crippen LogP contribution in [0.4, 0.5) is 0 Å². The van der Waals surface area contributed by atoms with E-state index >= 15 is 0 Å². The van der Waals surface area contributed by atoms with Gasteiger partial charge in [0.15, 0.2) is 0 Å². The van der Waals surface area contributed by atoms with Crippen molar-refractivity contribution in [2.24, 2.45) is 17.6 Å². The molecule has 1 unspecified atom stereocenters. The van der Waals surface area contributed by atoms with Crippen molar-refractivity contribution in [2.75, 3.05) is 39.9 Å². The van der Waals surface area contributed by atoms with E-state index in [0.717, 1.165) is 12.8 Å². The van der Waals surface area contributed by atoms with Crippen LogP contribution in [0.1, 0.15) is 19.3 Å². The number of rotatable bonds is 8. The molecule has 2 fully saturated rings. The van der Waals surface area contributed by atoms with Gasteiger partial charge in [0.05, 0.1) is 19.1 Å². The van der Waals surface area contributed by atoms with Crippen molar-refractivity contribution in [1.82, 2.24) is 15.5 Å². The van der Waals surface area contributed by atoms with Crippen LogP contribution in [0.2, 0.25) is 0 Å². The maximum Gasteiger partial charge on any atom is 0.225 e. The number of nitrogens with two attached hydrogens (primary N) is 1. The molecule has 0 aromatic heterocycles. The van der Waals surface area contributed by atoms with Crippen LogP contribution in [0.25, 0.3) is 0 Å². The first-order valence-electron chi connectivity index (χ1n) is 8.10. The summed E-state index contributed by atoms with van der Waals surface area (Å²) in [5.41, 5.74) is 5.64. The summed E-state index contributed by atoms with van der Waals surface area (Å²) in [4.78, 5) is 36.4. The van der Waals surface area contributed by atoms with E-state index < -0.39 is 0 Å². The normalized spacial score (nSPS) is 26.8. The lowest BCUT2D eigenvalue weighted by atomic mass is 9.80. The van der Waals surface area contributed by atoms with E-state index in [1.165, 1.54) is 0 Å². The lowest BCUT2D eigenvalue weighted by Gasteiger charge is -2.31. The summed E-state index contributed by atoms with van der Waals surface area (Å²) < 4.78 is 5.36. The van der Waals surface area contributed by atoms with Crippen LogP contribution < -0.4 is 16.4 Å². The largest absolute Gasteiger partial charge is 0.378 e. The zero-order chi connectivity index (χ0) is 16.8. The summed E-state index contributed by atoms with van der Waals surface area (Å²) in [6.07, 6.45) is 1.80. The van der Waals surface area contributed by atoms with Gasteiger partial charge >= 0.3 is 0 Å². The summed E-state index contributed by atoms with van der Waals surface area (Å²) in [7, 11) is 1.70. The first kappa shape index (κ1) is 17.7. The fraction of sp³-hybridized carbons (Fsp3) is 0.800. The van der Waals surface area contributed by atoms with Gasteiger partial charge in [0.1, 0.15) is 0 Å². The first-order chi connectivity index (χ1) is 11.0. The Morgan fingerprint density at radius 2 is 1.74 bits per heavy atom. The fourth-order valence-corrected chi connectivity index (χ4v) is 2.80. The number of ether oxygens (including phenoxy) is 1. The molecule has 2 rings (SSSR count). The molecule has 0 aromatic carbocycles. The Bertz CT molecular complexity index is 451. The molecule has 1 saturated heterocycles. The molecular formula is C15H26N4O4. The van der Waals surface area contributed by atoms with E-state index in [1.807, 2.05) is 0 Å². The van der Waals surface area contributed by atoms with Gasteiger partial charge in [-0.1, -0.05) is 0 Å². The molecule has 3 amide bonds. The first-order valence-corrected chi connectivity index (χ1v) is 8.10. The van der Waals surface area contributed by atoms with E-state index in [1.54, 1.807) is 11.9 Å². The Labute approximate surface area is 136 Å². The summed E-state index contributed by atoms with van der Waals surface area (Å²) in [5.74, 6) is -0.277. The number of nitrogens with one attached hydrogen (secondary N) is 2. The van der Waals surface area contributed by atoms with Crippen molar-refractivity contribution in [1.29, 1.82) is 0 Å². The van der Waals surface area contributed by atoms with Gasteiger partial charge in [0.25, 0.3) is 0 Å². The minimum absolute atomic E-state index is 0.00422. The molecule has 2 aliphatic rings. The van der Waals surface area contributed by atoms with E-state index in [0.29, 0.717) is 32.8 Å². The van der Waals surface area contributed by atoms with Crippen molar-refractivity contribution >= 4 is 17.7 Å². The smallest absolute Gasteiger partial charge is 0.225 e. The van der Waals surface area contributed by atoms with Gasteiger partial charge < -0.3 is 26.0 Å². The maximum atomic E-state index is 11.8. The van der Waals surface area contributed by atoms with Crippen LogP contribution in [0, 0.1) is 11.8 Å². The van der Waals surface area contributed by atoms with Crippen LogP contribution >= 0.6 is 0 Å². The quantitative estimate of drug-likeness (QED) is 0.467. The Kier molecular flexibility index (Phi) is 6.35. The molecule has 1 atom stereocenters. The molecule has 1 heterocycles. The second-order valence-corrected chi connectivity index (χ2v) is 6.30. The van der Waals surface area contributed by atoms with Gasteiger partial charge in [0.2, 0.25) is 17.7 Å². The molecule has 1 aliphatic heterocycles. The third kappa shape index (κ3) is 5.18. The summed E-state index contributed by atoms with van der Waals surface area (Å²) in [6, 6.07) is 0.167. The number of amides is 3. The zero-order valence-corrected chi connectivity index (χ0v) is 13.5. The van der Waals surface area contributed by atoms with Crippen molar-refractivity contribution in [3.63, 3.8) is 0 Å². The monoisotopic (exact) mass is 326 g/mol. The summed E-state index contributed by atoms with van der Waals surface area (Å²) in [6.45, 7) is 2.12. The molecule has 0 aromatic rings. The topological polar surface area (TPSA) is 114 Å². The molecular weight excluding hydrogens is 300 g/mol. The highest BCUT2D eigenvalue weighted by Crippen LogP contribution is 2.25. The third-order valence-corrected chi connectivity index (χ3v) is 4.35. The zero-order valence-electron chi connectivity index (χ0n) is 13.5. The highest BCUT2D eigenvalue weighted by molar-refractivity contribution is 5.89. The number of hydrogen-bond donors (Lipinski definition) is 3. The number of likely N-dealkylation sites (tertiary alicyclic amines) is 1. The lowest BCUT2D eigenvalue weighted by molar-refractivity contribution is -0.128. The maximum absolute atomic E-state index is 11.8. The lowest BCUT2D eigenvalue weighted by Crippen LogP contribution is -2.45. The molecule has 0 bridgehead atoms. The van der Waals surface area contributed by atoms with E-state index in [-0.39, 0.29) is 42.0 Å². The molecule has 8 nitrogen and oxygen atoms in total. The van der Waals surface area contributed by atoms with Crippen LogP contribution in [0.5, 0.6) is 0 Å². The average molecular weight is 326 g/mol. The Morgan fingerprint density at radius 3 is 2.22 bits per heavy atom. The van der Waals surface area contributed by atoms with Gasteiger partial charge in [-0.3, -0.25) is 14.4 Å². The highest BCUT2D eigenvalue weighted by Gasteiger charge is 2.32. The van der Waals surface area contributed by atoms with Crippen molar-refractivity contribution in [2.45, 2.75) is 25.3 Å². The van der Waals surface area contributed by atoms with Crippen molar-refractivity contribution in [3.8, 4) is 0 Å². The van der Waals surface area contributed by atoms with Gasteiger partial charge in [-0.15, -0.1) is 0 Å². The fourth-order valence-electron chi connectivity index (χ4n) is 2.80. The molecule has 0 spiro atoms. The molecule has 8 heteroatoms. The van der Waals surface area contributed by atoms with Crippen molar-refractivity contribution in [3.05, 3.63) is 0 Å². The molecule has 23 heavy (non-hydrogen) atoms. The Balaban J connectivity index is 1.44. The van der Waals surface area contributed by atoms with E-state index in [4.69, 9.17) is 10.5 Å². The number of carbonyl (C=O) groups excluding carboxylic acids is 3. The summed E-state index contributed by atoms with van der Waals surface area (Å²) in [5, 5.41) is 5.57. The van der Waals surface area contributed by atoms with Crippen molar-refractivity contribution < 1.29 is 19.1 Å². The predicted molar refractivity (Wildman–Crippen MR) is 83.3 cm³/mol. The average Bonchev–Trinajstić information content (AvgIpc) is 2.82. The summed E-state index contributed by atoms with van der Waals surface area (Å²) >= 11 is 0. The predicted octanol–water partition coefficient (Wildman–Crippen LogP) is -1.55. The highest BCUT2D eigenvalue weighted by atomic mass is 16.5. The molecule has 0 radical (unpaired) electrons. The molecule has 4 N–H and O–H groups in total. The van der Waals surface area contributed by atoms with Gasteiger partial charge in [-0.25, -0.2) is 0 Å². The SMILES string of the molecule is CN1CC(C(=O)NCCOCCNC(=O)C2CC(N)C2)CC1=O. The van der Waals surface area contributed by atoms with Gasteiger partial charge in [0, 0.05) is 45.1 Å². The van der Waals surface area contributed by atoms with Gasteiger partial charge in [-0.05, 0) is 12.8 Å². The molecule has 1 saturated carbocycles. The van der Waals surface area contributed by atoms with E-state index in [2.05, 4.69) is 10.6 Å². The third-order valence-electron chi connectivity index (χ3n) is 4.35. The number of nitrogens with zero attached hydrogens (tertiary/aromatic N) is 1. The Hall–Kier alpha value is -1.67. The Morgan fingerprint density at radius 1 is 1.17 bits per heavy atom. The van der Waals surface area contributed by atoms with Crippen LogP contribution in [0.3, 0.4) is 0 Å². The number of carbonyl (C=O) groups is 3. The standard InChI is InChI=1S/C15H26N4O4/c1-19-9-11(8-13(19)20)15(22)18-3-5-23-4-2-17-14(21)10-6-12(16)7-10/h10-12H,2-9,16H2,1H3,(H,17,21)(H,18,22). The molecule has 1 aliphatic carbocycles. The number of hydrogen-bond acceptors (Lipinski definition) is 5. The second-order valence-electron chi connectivity index (χ2n) is 6.30. The van der Waals surface area contributed by atoms with Crippen LogP contribution in [0.15, 0.2) is 0 Å². The minimum atomic E-state index is -0.263.